The molecule has 1 unspecified atom stereocenters. The molecule has 2 nitrogen and oxygen atoms in total. The van der Waals surface area contributed by atoms with E-state index in [2.05, 4.69) is 15.9 Å². The number of Topliss-reactive ketones (excluding diaryl/α,β-unsaturated/α-hetero) is 1. The highest BCUT2D eigenvalue weighted by Crippen LogP contribution is 2.33. The van der Waals surface area contributed by atoms with Crippen LogP contribution in [-0.2, 0) is 17.6 Å². The number of fused-ring (bicyclic) bond motifs is 1. The maximum Gasteiger partial charge on any atom is 0.150 e. The van der Waals surface area contributed by atoms with Gasteiger partial charge in [-0.25, -0.2) is 0 Å². The van der Waals surface area contributed by atoms with Gasteiger partial charge in [0.25, 0.3) is 0 Å². The van der Waals surface area contributed by atoms with E-state index in [0.717, 1.165) is 4.47 Å². The Kier molecular flexibility index (Phi) is 2.24. The Morgan fingerprint density at radius 2 is 2.21 bits per heavy atom. The van der Waals surface area contributed by atoms with Crippen molar-refractivity contribution in [2.45, 2.75) is 25.3 Å². The summed E-state index contributed by atoms with van der Waals surface area (Å²) >= 11 is 3.48. The Hall–Kier alpha value is -0.670. The first-order valence-corrected chi connectivity index (χ1v) is 5.38. The summed E-state index contributed by atoms with van der Waals surface area (Å²) in [4.78, 5) is 11.4. The van der Waals surface area contributed by atoms with Gasteiger partial charge in [0.1, 0.15) is 5.78 Å². The molecule has 3 heteroatoms. The molecule has 1 atom stereocenters. The summed E-state index contributed by atoms with van der Waals surface area (Å²) in [5.41, 5.74) is 7.75. The fourth-order valence-corrected chi connectivity index (χ4v) is 2.48. The van der Waals surface area contributed by atoms with Crippen LogP contribution in [0.1, 0.15) is 18.1 Å². The Morgan fingerprint density at radius 3 is 2.79 bits per heavy atom. The van der Waals surface area contributed by atoms with Crippen LogP contribution >= 0.6 is 15.9 Å². The molecule has 74 valence electrons. The molecule has 14 heavy (non-hydrogen) atoms. The molecule has 0 fully saturated rings. The molecular formula is C11H12BrNO. The standard InChI is InChI=1S/C11H12BrNO/c1-7(14)11(13)5-8-3-2-4-10(12)9(8)6-11/h2-4H,5-6,13H2,1H3. The highest BCUT2D eigenvalue weighted by molar-refractivity contribution is 9.10. The van der Waals surface area contributed by atoms with Crippen LogP contribution in [0.25, 0.3) is 0 Å². The van der Waals surface area contributed by atoms with E-state index in [-0.39, 0.29) is 5.78 Å². The lowest BCUT2D eigenvalue weighted by Crippen LogP contribution is -2.47. The average Bonchev–Trinajstić information content (AvgIpc) is 2.45. The van der Waals surface area contributed by atoms with Crippen molar-refractivity contribution in [2.75, 3.05) is 0 Å². The lowest BCUT2D eigenvalue weighted by Gasteiger charge is -2.19. The summed E-state index contributed by atoms with van der Waals surface area (Å²) in [6, 6.07) is 6.01. The van der Waals surface area contributed by atoms with Gasteiger partial charge < -0.3 is 5.73 Å². The predicted octanol–water partition coefficient (Wildman–Crippen LogP) is 1.83. The summed E-state index contributed by atoms with van der Waals surface area (Å²) < 4.78 is 1.06. The highest BCUT2D eigenvalue weighted by Gasteiger charge is 2.38. The van der Waals surface area contributed by atoms with Crippen molar-refractivity contribution in [1.82, 2.24) is 0 Å². The summed E-state index contributed by atoms with van der Waals surface area (Å²) in [7, 11) is 0. The third kappa shape index (κ3) is 1.41. The van der Waals surface area contributed by atoms with Crippen LogP contribution in [0.3, 0.4) is 0 Å². The van der Waals surface area contributed by atoms with Crippen LogP contribution < -0.4 is 5.73 Å². The van der Waals surface area contributed by atoms with Crippen LogP contribution in [0.5, 0.6) is 0 Å². The molecule has 0 bridgehead atoms. The number of nitrogens with two attached hydrogens (primary N) is 1. The summed E-state index contributed by atoms with van der Waals surface area (Å²) in [5.74, 6) is 0.0700. The van der Waals surface area contributed by atoms with Crippen molar-refractivity contribution in [3.05, 3.63) is 33.8 Å². The second-order valence-corrected chi connectivity index (χ2v) is 4.80. The Morgan fingerprint density at radius 1 is 1.50 bits per heavy atom. The van der Waals surface area contributed by atoms with Gasteiger partial charge in [0.15, 0.2) is 0 Å². The molecule has 0 aromatic heterocycles. The zero-order valence-electron chi connectivity index (χ0n) is 8.01. The SMILES string of the molecule is CC(=O)C1(N)Cc2cccc(Br)c2C1. The Labute approximate surface area is 91.6 Å². The summed E-state index contributed by atoms with van der Waals surface area (Å²) in [6.45, 7) is 1.57. The third-order valence-corrected chi connectivity index (χ3v) is 3.66. The van der Waals surface area contributed by atoms with Crippen molar-refractivity contribution in [3.63, 3.8) is 0 Å². The Bertz CT molecular complexity index is 402. The molecule has 0 aliphatic heterocycles. The van der Waals surface area contributed by atoms with E-state index >= 15 is 0 Å². The molecular weight excluding hydrogens is 242 g/mol. The quantitative estimate of drug-likeness (QED) is 0.830. The van der Waals surface area contributed by atoms with Gasteiger partial charge in [0.2, 0.25) is 0 Å². The molecule has 2 rings (SSSR count). The van der Waals surface area contributed by atoms with E-state index in [1.807, 2.05) is 18.2 Å². The zero-order valence-corrected chi connectivity index (χ0v) is 9.60. The number of carbonyl (C=O) groups is 1. The van der Waals surface area contributed by atoms with Crippen LogP contribution in [-0.4, -0.2) is 11.3 Å². The molecule has 2 N–H and O–H groups in total. The number of benzene rings is 1. The van der Waals surface area contributed by atoms with Crippen molar-refractivity contribution < 1.29 is 4.79 Å². The first kappa shape index (κ1) is 9.87. The fraction of sp³-hybridized carbons (Fsp3) is 0.364. The maximum absolute atomic E-state index is 11.4. The molecule has 1 aromatic rings. The number of hydrogen-bond acceptors (Lipinski definition) is 2. The number of hydrogen-bond donors (Lipinski definition) is 1. The first-order valence-electron chi connectivity index (χ1n) is 4.59. The topological polar surface area (TPSA) is 43.1 Å². The third-order valence-electron chi connectivity index (χ3n) is 2.92. The van der Waals surface area contributed by atoms with E-state index in [4.69, 9.17) is 5.73 Å². The van der Waals surface area contributed by atoms with Gasteiger partial charge in [0.05, 0.1) is 5.54 Å². The largest absolute Gasteiger partial charge is 0.318 e. The van der Waals surface area contributed by atoms with Crippen LogP contribution in [0.4, 0.5) is 0 Å². The number of ketones is 1. The van der Waals surface area contributed by atoms with Crippen molar-refractivity contribution in [2.24, 2.45) is 5.73 Å². The fourth-order valence-electron chi connectivity index (χ4n) is 1.93. The molecule has 0 amide bonds. The monoisotopic (exact) mass is 253 g/mol. The first-order chi connectivity index (χ1) is 6.53. The predicted molar refractivity (Wildman–Crippen MR) is 59.1 cm³/mol. The number of carbonyl (C=O) groups excluding carboxylic acids is 1. The summed E-state index contributed by atoms with van der Waals surface area (Å²) in [6.07, 6.45) is 1.32. The van der Waals surface area contributed by atoms with Gasteiger partial charge in [-0.15, -0.1) is 0 Å². The zero-order chi connectivity index (χ0) is 10.3. The van der Waals surface area contributed by atoms with Crippen molar-refractivity contribution in [1.29, 1.82) is 0 Å². The van der Waals surface area contributed by atoms with Gasteiger partial charge in [-0.3, -0.25) is 4.79 Å². The van der Waals surface area contributed by atoms with Crippen LogP contribution in [0.2, 0.25) is 0 Å². The number of rotatable bonds is 1. The van der Waals surface area contributed by atoms with Crippen molar-refractivity contribution >= 4 is 21.7 Å². The second-order valence-electron chi connectivity index (χ2n) is 3.94. The Balaban J connectivity index is 2.44. The lowest BCUT2D eigenvalue weighted by atomic mass is 9.93. The second kappa shape index (κ2) is 3.17. The molecule has 1 aromatic carbocycles. The molecule has 0 saturated carbocycles. The van der Waals surface area contributed by atoms with E-state index in [1.54, 1.807) is 6.92 Å². The lowest BCUT2D eigenvalue weighted by molar-refractivity contribution is -0.121. The van der Waals surface area contributed by atoms with Gasteiger partial charge >= 0.3 is 0 Å². The van der Waals surface area contributed by atoms with Gasteiger partial charge in [-0.2, -0.15) is 0 Å². The van der Waals surface area contributed by atoms with Crippen molar-refractivity contribution in [3.8, 4) is 0 Å². The normalized spacial score (nSPS) is 24.8. The minimum atomic E-state index is -0.674. The average molecular weight is 254 g/mol. The molecule has 1 aliphatic carbocycles. The number of halogens is 1. The summed E-state index contributed by atoms with van der Waals surface area (Å²) in [5, 5.41) is 0. The van der Waals surface area contributed by atoms with Crippen LogP contribution in [0, 0.1) is 0 Å². The van der Waals surface area contributed by atoms with E-state index in [9.17, 15) is 4.79 Å². The van der Waals surface area contributed by atoms with Gasteiger partial charge in [-0.05, 0) is 37.0 Å². The maximum atomic E-state index is 11.4. The van der Waals surface area contributed by atoms with Gasteiger partial charge in [0, 0.05) is 4.47 Å². The molecule has 0 saturated heterocycles. The van der Waals surface area contributed by atoms with Gasteiger partial charge in [-0.1, -0.05) is 28.1 Å². The smallest absolute Gasteiger partial charge is 0.150 e. The molecule has 0 radical (unpaired) electrons. The van der Waals surface area contributed by atoms with E-state index < -0.39 is 5.54 Å². The minimum Gasteiger partial charge on any atom is -0.318 e. The van der Waals surface area contributed by atoms with E-state index in [1.165, 1.54) is 11.1 Å². The molecule has 0 spiro atoms. The van der Waals surface area contributed by atoms with Crippen LogP contribution in [0.15, 0.2) is 22.7 Å². The minimum absolute atomic E-state index is 0.0700. The molecule has 0 heterocycles. The molecule has 1 aliphatic rings. The highest BCUT2D eigenvalue weighted by atomic mass is 79.9. The van der Waals surface area contributed by atoms with E-state index in [0.29, 0.717) is 12.8 Å².